The Labute approximate surface area is 101 Å². The number of carbonyl (C=O) groups is 2. The number of carboxylic acids is 1. The second-order valence-electron chi connectivity index (χ2n) is 4.98. The Kier molecular flexibility index (Phi) is 4.11. The minimum absolute atomic E-state index is 0.00808. The number of aliphatic hydroxyl groups is 1. The minimum Gasteiger partial charge on any atom is -0.481 e. The molecule has 0 aromatic rings. The van der Waals surface area contributed by atoms with E-state index in [9.17, 15) is 14.7 Å². The third kappa shape index (κ3) is 3.17. The molecule has 1 heterocycles. The Balaban J connectivity index is 2.65. The van der Waals surface area contributed by atoms with Gasteiger partial charge in [0.15, 0.2) is 0 Å². The summed E-state index contributed by atoms with van der Waals surface area (Å²) in [5, 5.41) is 18.2. The van der Waals surface area contributed by atoms with Gasteiger partial charge in [0.2, 0.25) is 5.91 Å². The molecule has 0 radical (unpaired) electrons. The van der Waals surface area contributed by atoms with Gasteiger partial charge in [-0.25, -0.2) is 0 Å². The molecular formula is C11H20N2O4. The molecule has 98 valence electrons. The molecule has 1 fully saturated rings. The number of hydrogen-bond donors (Lipinski definition) is 2. The van der Waals surface area contributed by atoms with E-state index in [1.54, 1.807) is 25.8 Å². The number of hydrogen-bond acceptors (Lipinski definition) is 4. The summed E-state index contributed by atoms with van der Waals surface area (Å²) in [6, 6.07) is 0. The van der Waals surface area contributed by atoms with Gasteiger partial charge in [0, 0.05) is 26.7 Å². The van der Waals surface area contributed by atoms with Crippen molar-refractivity contribution in [1.82, 2.24) is 9.80 Å². The highest BCUT2D eigenvalue weighted by Gasteiger charge is 2.40. The van der Waals surface area contributed by atoms with Crippen LogP contribution in [-0.2, 0) is 9.59 Å². The van der Waals surface area contributed by atoms with Crippen LogP contribution in [0.25, 0.3) is 0 Å². The second kappa shape index (κ2) is 5.01. The van der Waals surface area contributed by atoms with E-state index in [1.807, 2.05) is 4.90 Å². The lowest BCUT2D eigenvalue weighted by Gasteiger charge is -2.45. The highest BCUT2D eigenvalue weighted by Crippen LogP contribution is 2.22. The number of amides is 1. The Morgan fingerprint density at radius 2 is 2.06 bits per heavy atom. The van der Waals surface area contributed by atoms with Crippen LogP contribution < -0.4 is 0 Å². The average molecular weight is 244 g/mol. The van der Waals surface area contributed by atoms with Gasteiger partial charge in [0.1, 0.15) is 0 Å². The Morgan fingerprint density at radius 1 is 1.47 bits per heavy atom. The van der Waals surface area contributed by atoms with Crippen LogP contribution in [0.15, 0.2) is 0 Å². The maximum atomic E-state index is 11.9. The van der Waals surface area contributed by atoms with Crippen molar-refractivity contribution in [3.8, 4) is 0 Å². The molecule has 1 amide bonds. The van der Waals surface area contributed by atoms with Crippen molar-refractivity contribution >= 4 is 11.9 Å². The quantitative estimate of drug-likeness (QED) is 0.688. The van der Waals surface area contributed by atoms with E-state index >= 15 is 0 Å². The monoisotopic (exact) mass is 244 g/mol. The van der Waals surface area contributed by atoms with Gasteiger partial charge in [-0.1, -0.05) is 0 Å². The first kappa shape index (κ1) is 13.9. The summed E-state index contributed by atoms with van der Waals surface area (Å²) in [6.45, 7) is 5.03. The Bertz CT molecular complexity index is 317. The van der Waals surface area contributed by atoms with E-state index in [4.69, 9.17) is 5.11 Å². The van der Waals surface area contributed by atoms with Crippen molar-refractivity contribution < 1.29 is 19.8 Å². The van der Waals surface area contributed by atoms with Gasteiger partial charge in [0.05, 0.1) is 18.1 Å². The zero-order valence-electron chi connectivity index (χ0n) is 10.5. The molecule has 1 atom stereocenters. The fourth-order valence-electron chi connectivity index (χ4n) is 2.09. The lowest BCUT2D eigenvalue weighted by Crippen LogP contribution is -2.63. The average Bonchev–Trinajstić information content (AvgIpc) is 2.19. The molecule has 1 aliphatic heterocycles. The van der Waals surface area contributed by atoms with Crippen molar-refractivity contribution in [3.63, 3.8) is 0 Å². The molecule has 0 bridgehead atoms. The number of piperazine rings is 1. The van der Waals surface area contributed by atoms with Crippen LogP contribution in [0.1, 0.15) is 20.3 Å². The Morgan fingerprint density at radius 3 is 2.59 bits per heavy atom. The van der Waals surface area contributed by atoms with E-state index in [0.29, 0.717) is 13.1 Å². The topological polar surface area (TPSA) is 81.1 Å². The summed E-state index contributed by atoms with van der Waals surface area (Å²) in [5.74, 6) is -1.04. The van der Waals surface area contributed by atoms with Gasteiger partial charge >= 0.3 is 5.97 Å². The normalized spacial score (nSPS) is 22.6. The third-order valence-electron chi connectivity index (χ3n) is 3.21. The van der Waals surface area contributed by atoms with Crippen molar-refractivity contribution in [1.29, 1.82) is 0 Å². The number of carbonyl (C=O) groups excluding carboxylic acids is 1. The summed E-state index contributed by atoms with van der Waals surface area (Å²) in [5.41, 5.74) is -0.688. The lowest BCUT2D eigenvalue weighted by atomic mass is 9.97. The molecule has 1 aliphatic rings. The molecule has 0 aliphatic carbocycles. The van der Waals surface area contributed by atoms with Gasteiger partial charge in [-0.2, -0.15) is 0 Å². The van der Waals surface area contributed by atoms with E-state index < -0.39 is 17.6 Å². The van der Waals surface area contributed by atoms with Crippen LogP contribution >= 0.6 is 0 Å². The first-order chi connectivity index (χ1) is 7.75. The van der Waals surface area contributed by atoms with Crippen LogP contribution in [0.5, 0.6) is 0 Å². The molecule has 6 nitrogen and oxygen atoms in total. The maximum Gasteiger partial charge on any atom is 0.306 e. The number of aliphatic carboxylic acids is 1. The lowest BCUT2D eigenvalue weighted by molar-refractivity contribution is -0.149. The molecule has 0 spiro atoms. The molecule has 2 N–H and O–H groups in total. The maximum absolute atomic E-state index is 11.9. The van der Waals surface area contributed by atoms with Crippen LogP contribution in [0.4, 0.5) is 0 Å². The first-order valence-electron chi connectivity index (χ1n) is 5.65. The van der Waals surface area contributed by atoms with E-state index in [2.05, 4.69) is 0 Å². The molecule has 1 unspecified atom stereocenters. The number of carboxylic acid groups (broad SMARTS) is 1. The number of β-amino-alcohol motifs (C(OH)–C–C–N with tert-alkyl or cyclic N) is 1. The standard InChI is InChI=1S/C11H20N2O4/c1-11(2)10(17)12(3)4-5-13(11)7-8(14)6-9(15)16/h8,14H,4-7H2,1-3H3,(H,15,16). The largest absolute Gasteiger partial charge is 0.481 e. The highest BCUT2D eigenvalue weighted by atomic mass is 16.4. The number of rotatable bonds is 4. The molecule has 0 aromatic heterocycles. The number of aliphatic hydroxyl groups excluding tert-OH is 1. The minimum atomic E-state index is -1.03. The number of nitrogens with zero attached hydrogens (tertiary/aromatic N) is 2. The van der Waals surface area contributed by atoms with Crippen molar-refractivity contribution in [2.45, 2.75) is 31.9 Å². The van der Waals surface area contributed by atoms with Crippen molar-refractivity contribution in [2.75, 3.05) is 26.7 Å². The molecule has 1 saturated heterocycles. The molecule has 17 heavy (non-hydrogen) atoms. The second-order valence-corrected chi connectivity index (χ2v) is 4.98. The summed E-state index contributed by atoms with van der Waals surface area (Å²) in [4.78, 5) is 25.9. The SMILES string of the molecule is CN1CCN(CC(O)CC(=O)O)C(C)(C)C1=O. The van der Waals surface area contributed by atoms with Crippen LogP contribution in [0.3, 0.4) is 0 Å². The molecule has 1 rings (SSSR count). The van der Waals surface area contributed by atoms with Crippen LogP contribution in [0.2, 0.25) is 0 Å². The van der Waals surface area contributed by atoms with E-state index in [0.717, 1.165) is 0 Å². The summed E-state index contributed by atoms with van der Waals surface area (Å²) >= 11 is 0. The molecular weight excluding hydrogens is 224 g/mol. The van der Waals surface area contributed by atoms with Gasteiger partial charge in [0.25, 0.3) is 0 Å². The van der Waals surface area contributed by atoms with E-state index in [-0.39, 0.29) is 18.9 Å². The summed E-state index contributed by atoms with van der Waals surface area (Å²) < 4.78 is 0. The summed E-state index contributed by atoms with van der Waals surface area (Å²) in [7, 11) is 1.75. The van der Waals surface area contributed by atoms with Crippen LogP contribution in [0, 0.1) is 0 Å². The van der Waals surface area contributed by atoms with Crippen molar-refractivity contribution in [2.24, 2.45) is 0 Å². The van der Waals surface area contributed by atoms with E-state index in [1.165, 1.54) is 0 Å². The van der Waals surface area contributed by atoms with Crippen molar-refractivity contribution in [3.05, 3.63) is 0 Å². The first-order valence-corrected chi connectivity index (χ1v) is 5.65. The van der Waals surface area contributed by atoms with Gasteiger partial charge in [-0.3, -0.25) is 14.5 Å². The Hall–Kier alpha value is -1.14. The predicted octanol–water partition coefficient (Wildman–Crippen LogP) is -0.625. The smallest absolute Gasteiger partial charge is 0.306 e. The number of likely N-dealkylation sites (N-methyl/N-ethyl adjacent to an activating group) is 1. The van der Waals surface area contributed by atoms with Gasteiger partial charge in [-0.05, 0) is 13.8 Å². The zero-order chi connectivity index (χ0) is 13.2. The predicted molar refractivity (Wildman–Crippen MR) is 61.5 cm³/mol. The van der Waals surface area contributed by atoms with Gasteiger partial charge in [-0.15, -0.1) is 0 Å². The van der Waals surface area contributed by atoms with Crippen LogP contribution in [-0.4, -0.2) is 70.2 Å². The molecule has 0 aromatic carbocycles. The zero-order valence-corrected chi connectivity index (χ0v) is 10.5. The summed E-state index contributed by atoms with van der Waals surface area (Å²) in [6.07, 6.45) is -1.24. The fourth-order valence-corrected chi connectivity index (χ4v) is 2.09. The third-order valence-corrected chi connectivity index (χ3v) is 3.21. The molecule has 6 heteroatoms. The highest BCUT2D eigenvalue weighted by molar-refractivity contribution is 5.86. The fraction of sp³-hybridized carbons (Fsp3) is 0.818. The molecule has 0 saturated carbocycles. The van der Waals surface area contributed by atoms with Gasteiger partial charge < -0.3 is 15.1 Å².